The van der Waals surface area contributed by atoms with Crippen molar-refractivity contribution in [3.63, 3.8) is 0 Å². The number of aromatic hydroxyl groups is 1. The molecule has 0 spiro atoms. The predicted octanol–water partition coefficient (Wildman–Crippen LogP) is 4.32. The van der Waals surface area contributed by atoms with Gasteiger partial charge in [-0.25, -0.2) is 0 Å². The van der Waals surface area contributed by atoms with Gasteiger partial charge in [-0.05, 0) is 29.8 Å². The average Bonchev–Trinajstić information content (AvgIpc) is 2.37. The van der Waals surface area contributed by atoms with Gasteiger partial charge in [0.2, 0.25) is 0 Å². The number of phenolic OH excluding ortho intramolecular Hbond substituents is 1. The lowest BCUT2D eigenvalue weighted by Crippen LogP contribution is -2.00. The molecule has 0 fully saturated rings. The summed E-state index contributed by atoms with van der Waals surface area (Å²) in [4.78, 5) is 0.512. The maximum Gasteiger partial charge on any atom is 0.288 e. The lowest BCUT2D eigenvalue weighted by molar-refractivity contribution is 0.252. The molecular weight excluding hydrogens is 268 g/mol. The van der Waals surface area contributed by atoms with Gasteiger partial charge in [0.25, 0.3) is 5.76 Å². The van der Waals surface area contributed by atoms with Crippen LogP contribution in [0.4, 0.5) is 14.5 Å². The van der Waals surface area contributed by atoms with Crippen LogP contribution in [-0.4, -0.2) is 10.9 Å². The molecule has 0 aliphatic heterocycles. The Kier molecular flexibility index (Phi) is 4.63. The van der Waals surface area contributed by atoms with Gasteiger partial charge in [-0.3, -0.25) is 0 Å². The van der Waals surface area contributed by atoms with Gasteiger partial charge < -0.3 is 10.4 Å². The van der Waals surface area contributed by atoms with Crippen LogP contribution in [0.2, 0.25) is 0 Å². The number of hydrogen-bond donors (Lipinski definition) is 2. The number of rotatable bonds is 5. The largest absolute Gasteiger partial charge is 0.508 e. The molecule has 0 radical (unpaired) electrons. The molecule has 100 valence electrons. The Bertz CT molecular complexity index is 548. The molecule has 5 heteroatoms. The Morgan fingerprint density at radius 3 is 2.63 bits per heavy atom. The van der Waals surface area contributed by atoms with Crippen LogP contribution in [0.3, 0.4) is 0 Å². The van der Waals surface area contributed by atoms with Gasteiger partial charge in [-0.1, -0.05) is 36.0 Å². The molecule has 0 saturated carbocycles. The zero-order chi connectivity index (χ0) is 13.7. The van der Waals surface area contributed by atoms with E-state index in [1.165, 1.54) is 0 Å². The molecule has 0 amide bonds. The highest BCUT2D eigenvalue weighted by atomic mass is 32.2. The molecule has 19 heavy (non-hydrogen) atoms. The quantitative estimate of drug-likeness (QED) is 0.801. The summed E-state index contributed by atoms with van der Waals surface area (Å²) >= 11 is 0.518. The van der Waals surface area contributed by atoms with Crippen molar-refractivity contribution in [1.29, 1.82) is 0 Å². The maximum atomic E-state index is 12.4. The van der Waals surface area contributed by atoms with Crippen molar-refractivity contribution >= 4 is 17.4 Å². The van der Waals surface area contributed by atoms with Crippen LogP contribution in [0.25, 0.3) is 0 Å². The van der Waals surface area contributed by atoms with E-state index in [1.807, 2.05) is 6.07 Å². The number of alkyl halides is 2. The molecule has 0 saturated heterocycles. The Hall–Kier alpha value is -1.75. The highest BCUT2D eigenvalue weighted by Crippen LogP contribution is 2.31. The van der Waals surface area contributed by atoms with Crippen LogP contribution in [0, 0.1) is 0 Å². The Morgan fingerprint density at radius 2 is 1.89 bits per heavy atom. The van der Waals surface area contributed by atoms with Crippen molar-refractivity contribution in [1.82, 2.24) is 0 Å². The number of halogens is 2. The molecule has 2 aromatic carbocycles. The second kappa shape index (κ2) is 6.43. The summed E-state index contributed by atoms with van der Waals surface area (Å²) in [7, 11) is 0. The number of anilines is 1. The van der Waals surface area contributed by atoms with Gasteiger partial charge in [0, 0.05) is 17.1 Å². The van der Waals surface area contributed by atoms with E-state index in [2.05, 4.69) is 5.32 Å². The van der Waals surface area contributed by atoms with Gasteiger partial charge >= 0.3 is 0 Å². The smallest absolute Gasteiger partial charge is 0.288 e. The van der Waals surface area contributed by atoms with E-state index in [0.29, 0.717) is 28.9 Å². The summed E-state index contributed by atoms with van der Waals surface area (Å²) in [6, 6.07) is 13.8. The van der Waals surface area contributed by atoms with Crippen molar-refractivity contribution in [2.45, 2.75) is 17.2 Å². The lowest BCUT2D eigenvalue weighted by atomic mass is 10.2. The monoisotopic (exact) mass is 281 g/mol. The third kappa shape index (κ3) is 4.13. The SMILES string of the molecule is Oc1cccc(CNc2ccccc2SC(F)F)c1. The highest BCUT2D eigenvalue weighted by Gasteiger charge is 2.09. The predicted molar refractivity (Wildman–Crippen MR) is 73.7 cm³/mol. The number of benzene rings is 2. The van der Waals surface area contributed by atoms with E-state index in [-0.39, 0.29) is 5.75 Å². The lowest BCUT2D eigenvalue weighted by Gasteiger charge is -2.11. The second-order valence-electron chi connectivity index (χ2n) is 3.90. The van der Waals surface area contributed by atoms with E-state index in [0.717, 1.165) is 5.56 Å². The minimum atomic E-state index is -2.44. The van der Waals surface area contributed by atoms with Crippen LogP contribution in [-0.2, 0) is 6.54 Å². The van der Waals surface area contributed by atoms with Crippen molar-refractivity contribution in [2.24, 2.45) is 0 Å². The summed E-state index contributed by atoms with van der Waals surface area (Å²) < 4.78 is 24.8. The molecule has 0 bridgehead atoms. The molecule has 2 nitrogen and oxygen atoms in total. The first-order valence-electron chi connectivity index (χ1n) is 5.71. The summed E-state index contributed by atoms with van der Waals surface area (Å²) in [6.45, 7) is 0.467. The number of nitrogens with one attached hydrogen (secondary N) is 1. The molecule has 0 heterocycles. The molecule has 2 N–H and O–H groups in total. The van der Waals surface area contributed by atoms with Crippen molar-refractivity contribution in [3.05, 3.63) is 54.1 Å². The summed E-state index contributed by atoms with van der Waals surface area (Å²) in [6.07, 6.45) is 0. The van der Waals surface area contributed by atoms with Crippen LogP contribution in [0.15, 0.2) is 53.4 Å². The fourth-order valence-corrected chi connectivity index (χ4v) is 2.29. The van der Waals surface area contributed by atoms with E-state index >= 15 is 0 Å². The van der Waals surface area contributed by atoms with Crippen molar-refractivity contribution in [3.8, 4) is 5.75 Å². The standard InChI is InChI=1S/C14H13F2NOS/c15-14(16)19-13-7-2-1-6-12(13)17-9-10-4-3-5-11(18)8-10/h1-8,14,17-18H,9H2. The Balaban J connectivity index is 2.07. The second-order valence-corrected chi connectivity index (χ2v) is 4.93. The summed E-state index contributed by atoms with van der Waals surface area (Å²) in [5, 5.41) is 12.4. The van der Waals surface area contributed by atoms with Crippen LogP contribution in [0.1, 0.15) is 5.56 Å². The first-order valence-corrected chi connectivity index (χ1v) is 6.59. The summed E-state index contributed by atoms with van der Waals surface area (Å²) in [5.41, 5.74) is 1.55. The van der Waals surface area contributed by atoms with E-state index in [9.17, 15) is 13.9 Å². The van der Waals surface area contributed by atoms with Crippen LogP contribution in [0.5, 0.6) is 5.75 Å². The van der Waals surface area contributed by atoms with Crippen LogP contribution < -0.4 is 5.32 Å². The van der Waals surface area contributed by atoms with Gasteiger partial charge in [0.15, 0.2) is 0 Å². The number of thioether (sulfide) groups is 1. The van der Waals surface area contributed by atoms with E-state index in [4.69, 9.17) is 0 Å². The normalized spacial score (nSPS) is 10.7. The molecule has 0 aromatic heterocycles. The number of para-hydroxylation sites is 1. The Labute approximate surface area is 114 Å². The number of phenols is 1. The van der Waals surface area contributed by atoms with Crippen molar-refractivity contribution < 1.29 is 13.9 Å². The molecule has 2 rings (SSSR count). The zero-order valence-corrected chi connectivity index (χ0v) is 10.8. The first-order chi connectivity index (χ1) is 9.15. The van der Waals surface area contributed by atoms with E-state index < -0.39 is 5.76 Å². The molecule has 2 aromatic rings. The fourth-order valence-electron chi connectivity index (χ4n) is 1.68. The average molecular weight is 281 g/mol. The van der Waals surface area contributed by atoms with Crippen LogP contribution >= 0.6 is 11.8 Å². The zero-order valence-electron chi connectivity index (χ0n) is 10.0. The molecule has 0 atom stereocenters. The fraction of sp³-hybridized carbons (Fsp3) is 0.143. The highest BCUT2D eigenvalue weighted by molar-refractivity contribution is 7.99. The Morgan fingerprint density at radius 1 is 1.11 bits per heavy atom. The molecular formula is C14H13F2NOS. The minimum Gasteiger partial charge on any atom is -0.508 e. The van der Waals surface area contributed by atoms with Crippen molar-refractivity contribution in [2.75, 3.05) is 5.32 Å². The molecule has 0 unspecified atom stereocenters. The third-order valence-electron chi connectivity index (χ3n) is 2.50. The minimum absolute atomic E-state index is 0.189. The molecule has 0 aliphatic carbocycles. The molecule has 0 aliphatic rings. The van der Waals surface area contributed by atoms with E-state index in [1.54, 1.807) is 42.5 Å². The summed E-state index contributed by atoms with van der Waals surface area (Å²) in [5.74, 6) is -2.25. The van der Waals surface area contributed by atoms with Gasteiger partial charge in [0.1, 0.15) is 5.75 Å². The topological polar surface area (TPSA) is 32.3 Å². The first kappa shape index (κ1) is 13.7. The third-order valence-corrected chi connectivity index (χ3v) is 3.28. The number of hydrogen-bond acceptors (Lipinski definition) is 3. The van der Waals surface area contributed by atoms with Gasteiger partial charge in [0.05, 0.1) is 0 Å². The van der Waals surface area contributed by atoms with Gasteiger partial charge in [-0.2, -0.15) is 8.78 Å². The maximum absolute atomic E-state index is 12.4. The van der Waals surface area contributed by atoms with Gasteiger partial charge in [-0.15, -0.1) is 0 Å².